The Morgan fingerprint density at radius 3 is 2.71 bits per heavy atom. The first-order chi connectivity index (χ1) is 10.2. The number of carbonyl (C=O) groups is 1. The summed E-state index contributed by atoms with van der Waals surface area (Å²) in [5.41, 5.74) is 1.01. The van der Waals surface area contributed by atoms with Crippen LogP contribution in [0.2, 0.25) is 0 Å². The number of ether oxygens (including phenoxy) is 2. The number of carbonyl (C=O) groups excluding carboxylic acids is 1. The molecule has 0 radical (unpaired) electrons. The maximum atomic E-state index is 11.7. The van der Waals surface area contributed by atoms with E-state index in [0.717, 1.165) is 12.1 Å². The largest absolute Gasteiger partial charge is 0.464 e. The summed E-state index contributed by atoms with van der Waals surface area (Å²) >= 11 is 1.75. The van der Waals surface area contributed by atoms with Crippen LogP contribution in [0.4, 0.5) is 0 Å². The Bertz CT molecular complexity index is 606. The third kappa shape index (κ3) is 3.68. The lowest BCUT2D eigenvalue weighted by molar-refractivity contribution is 0.0592. The fraction of sp³-hybridized carbons (Fsp3) is 0.500. The van der Waals surface area contributed by atoms with Crippen LogP contribution in [-0.4, -0.2) is 41.8 Å². The zero-order chi connectivity index (χ0) is 15.2. The third-order valence-electron chi connectivity index (χ3n) is 3.13. The SMILES string of the molecule is CCc1ccc(Cn2nnc(C(=O)OC)c2CCOC)s1. The molecule has 0 fully saturated rings. The van der Waals surface area contributed by atoms with E-state index in [1.807, 2.05) is 0 Å². The minimum absolute atomic E-state index is 0.266. The van der Waals surface area contributed by atoms with Crippen LogP contribution in [0.5, 0.6) is 0 Å². The molecule has 0 spiro atoms. The molecule has 7 heteroatoms. The summed E-state index contributed by atoms with van der Waals surface area (Å²) in [6.07, 6.45) is 1.59. The van der Waals surface area contributed by atoms with Crippen molar-refractivity contribution in [1.82, 2.24) is 15.0 Å². The van der Waals surface area contributed by atoms with Crippen LogP contribution in [0.25, 0.3) is 0 Å². The van der Waals surface area contributed by atoms with E-state index in [2.05, 4.69) is 29.4 Å². The second-order valence-corrected chi connectivity index (χ2v) is 5.75. The number of hydrogen-bond acceptors (Lipinski definition) is 6. The molecule has 0 aliphatic carbocycles. The van der Waals surface area contributed by atoms with Gasteiger partial charge in [-0.25, -0.2) is 9.48 Å². The van der Waals surface area contributed by atoms with Crippen molar-refractivity contribution in [2.45, 2.75) is 26.3 Å². The Hall–Kier alpha value is -1.73. The van der Waals surface area contributed by atoms with Crippen molar-refractivity contribution in [3.8, 4) is 0 Å². The summed E-state index contributed by atoms with van der Waals surface area (Å²) < 4.78 is 11.6. The summed E-state index contributed by atoms with van der Waals surface area (Å²) in [4.78, 5) is 14.3. The first kappa shape index (κ1) is 15.7. The molecular weight excluding hydrogens is 290 g/mol. The van der Waals surface area contributed by atoms with E-state index in [1.165, 1.54) is 16.9 Å². The van der Waals surface area contributed by atoms with Crippen molar-refractivity contribution >= 4 is 17.3 Å². The highest BCUT2D eigenvalue weighted by atomic mass is 32.1. The van der Waals surface area contributed by atoms with Crippen LogP contribution in [-0.2, 0) is 28.9 Å². The highest BCUT2D eigenvalue weighted by molar-refractivity contribution is 7.11. The molecule has 2 aromatic rings. The zero-order valence-electron chi connectivity index (χ0n) is 12.5. The predicted octanol–water partition coefficient (Wildman–Crippen LogP) is 1.93. The lowest BCUT2D eigenvalue weighted by Gasteiger charge is -2.06. The fourth-order valence-corrected chi connectivity index (χ4v) is 2.95. The Morgan fingerprint density at radius 1 is 1.33 bits per heavy atom. The molecule has 6 nitrogen and oxygen atoms in total. The average molecular weight is 309 g/mol. The standard InChI is InChI=1S/C14H19N3O3S/c1-4-10-5-6-11(21-10)9-17-12(7-8-19-2)13(15-16-17)14(18)20-3/h5-6H,4,7-9H2,1-3H3. The quantitative estimate of drug-likeness (QED) is 0.731. The smallest absolute Gasteiger partial charge is 0.360 e. The van der Waals surface area contributed by atoms with Crippen molar-refractivity contribution in [2.75, 3.05) is 20.8 Å². The van der Waals surface area contributed by atoms with Gasteiger partial charge in [-0.1, -0.05) is 12.1 Å². The predicted molar refractivity (Wildman–Crippen MR) is 79.7 cm³/mol. The van der Waals surface area contributed by atoms with Crippen LogP contribution in [0, 0.1) is 0 Å². The van der Waals surface area contributed by atoms with Gasteiger partial charge in [0, 0.05) is 23.3 Å². The number of nitrogens with zero attached hydrogens (tertiary/aromatic N) is 3. The number of hydrogen-bond donors (Lipinski definition) is 0. The second-order valence-electron chi connectivity index (χ2n) is 4.50. The summed E-state index contributed by atoms with van der Waals surface area (Å²) in [5.74, 6) is -0.465. The normalized spacial score (nSPS) is 10.8. The molecule has 0 aromatic carbocycles. The van der Waals surface area contributed by atoms with Crippen molar-refractivity contribution < 1.29 is 14.3 Å². The van der Waals surface area contributed by atoms with E-state index < -0.39 is 5.97 Å². The van der Waals surface area contributed by atoms with E-state index in [9.17, 15) is 4.79 Å². The monoisotopic (exact) mass is 309 g/mol. The van der Waals surface area contributed by atoms with Gasteiger partial charge in [-0.05, 0) is 18.6 Å². The molecular formula is C14H19N3O3S. The molecule has 2 aromatic heterocycles. The molecule has 0 saturated heterocycles. The van der Waals surface area contributed by atoms with Crippen molar-refractivity contribution in [2.24, 2.45) is 0 Å². The average Bonchev–Trinajstić information content (AvgIpc) is 3.11. The number of esters is 1. The number of aromatic nitrogens is 3. The van der Waals surface area contributed by atoms with Gasteiger partial charge in [-0.2, -0.15) is 0 Å². The minimum atomic E-state index is -0.465. The third-order valence-corrected chi connectivity index (χ3v) is 4.35. The summed E-state index contributed by atoms with van der Waals surface area (Å²) in [7, 11) is 2.97. The van der Waals surface area contributed by atoms with E-state index in [-0.39, 0.29) is 5.69 Å². The molecule has 0 saturated carbocycles. The molecule has 0 aliphatic heterocycles. The maximum Gasteiger partial charge on any atom is 0.360 e. The number of aryl methyl sites for hydroxylation is 1. The van der Waals surface area contributed by atoms with Crippen LogP contribution >= 0.6 is 11.3 Å². The van der Waals surface area contributed by atoms with Gasteiger partial charge in [-0.3, -0.25) is 0 Å². The molecule has 0 aliphatic rings. The van der Waals surface area contributed by atoms with Gasteiger partial charge in [0.1, 0.15) is 0 Å². The van der Waals surface area contributed by atoms with Crippen LogP contribution in [0.15, 0.2) is 12.1 Å². The van der Waals surface area contributed by atoms with E-state index in [1.54, 1.807) is 23.1 Å². The topological polar surface area (TPSA) is 66.2 Å². The fourth-order valence-electron chi connectivity index (χ4n) is 2.01. The second kappa shape index (κ2) is 7.33. The van der Waals surface area contributed by atoms with E-state index in [0.29, 0.717) is 19.6 Å². The number of methoxy groups -OCH3 is 2. The Morgan fingerprint density at radius 2 is 2.10 bits per heavy atom. The van der Waals surface area contributed by atoms with Gasteiger partial charge in [0.25, 0.3) is 0 Å². The number of rotatable bonds is 7. The molecule has 0 bridgehead atoms. The van der Waals surface area contributed by atoms with Crippen molar-refractivity contribution in [1.29, 1.82) is 0 Å². The Labute approximate surface area is 127 Å². The van der Waals surface area contributed by atoms with Crippen LogP contribution in [0.1, 0.15) is 32.9 Å². The number of thiophene rings is 1. The first-order valence-electron chi connectivity index (χ1n) is 6.76. The van der Waals surface area contributed by atoms with Gasteiger partial charge in [-0.15, -0.1) is 16.4 Å². The first-order valence-corrected chi connectivity index (χ1v) is 7.58. The van der Waals surface area contributed by atoms with Crippen molar-refractivity contribution in [3.63, 3.8) is 0 Å². The highest BCUT2D eigenvalue weighted by Crippen LogP contribution is 2.19. The molecule has 21 heavy (non-hydrogen) atoms. The molecule has 0 atom stereocenters. The Kier molecular flexibility index (Phi) is 5.46. The Balaban J connectivity index is 2.25. The van der Waals surface area contributed by atoms with Gasteiger partial charge in [0.2, 0.25) is 0 Å². The molecule has 114 valence electrons. The molecule has 2 rings (SSSR count). The summed E-state index contributed by atoms with van der Waals surface area (Å²) in [5, 5.41) is 8.04. The van der Waals surface area contributed by atoms with Gasteiger partial charge < -0.3 is 9.47 Å². The molecule has 0 unspecified atom stereocenters. The maximum absolute atomic E-state index is 11.7. The van der Waals surface area contributed by atoms with Crippen LogP contribution < -0.4 is 0 Å². The zero-order valence-corrected chi connectivity index (χ0v) is 13.3. The lowest BCUT2D eigenvalue weighted by Crippen LogP contribution is -2.12. The summed E-state index contributed by atoms with van der Waals surface area (Å²) in [6, 6.07) is 4.20. The van der Waals surface area contributed by atoms with E-state index in [4.69, 9.17) is 9.47 Å². The van der Waals surface area contributed by atoms with Gasteiger partial charge in [0.05, 0.1) is 26.0 Å². The van der Waals surface area contributed by atoms with Gasteiger partial charge >= 0.3 is 5.97 Å². The van der Waals surface area contributed by atoms with E-state index >= 15 is 0 Å². The summed E-state index contributed by atoms with van der Waals surface area (Å²) in [6.45, 7) is 3.24. The molecule has 0 N–H and O–H groups in total. The van der Waals surface area contributed by atoms with Crippen molar-refractivity contribution in [3.05, 3.63) is 33.3 Å². The van der Waals surface area contributed by atoms with Gasteiger partial charge in [0.15, 0.2) is 5.69 Å². The molecule has 2 heterocycles. The minimum Gasteiger partial charge on any atom is -0.464 e. The molecule has 0 amide bonds. The van der Waals surface area contributed by atoms with Crippen LogP contribution in [0.3, 0.4) is 0 Å². The lowest BCUT2D eigenvalue weighted by atomic mass is 10.2. The highest BCUT2D eigenvalue weighted by Gasteiger charge is 2.20.